The fourth-order valence-corrected chi connectivity index (χ4v) is 2.89. The van der Waals surface area contributed by atoms with Crippen molar-refractivity contribution in [1.29, 1.82) is 0 Å². The van der Waals surface area contributed by atoms with Gasteiger partial charge in [-0.2, -0.15) is 0 Å². The molecule has 1 aliphatic heterocycles. The lowest BCUT2D eigenvalue weighted by molar-refractivity contribution is -0.147. The van der Waals surface area contributed by atoms with Crippen LogP contribution in [-0.4, -0.2) is 29.5 Å². The number of esters is 1. The quantitative estimate of drug-likeness (QED) is 0.812. The van der Waals surface area contributed by atoms with Crippen LogP contribution < -0.4 is 5.32 Å². The smallest absolute Gasteiger partial charge is 0.329 e. The first-order valence-corrected chi connectivity index (χ1v) is 6.32. The van der Waals surface area contributed by atoms with Crippen molar-refractivity contribution in [3.05, 3.63) is 16.6 Å². The van der Waals surface area contributed by atoms with Crippen molar-refractivity contribution in [3.8, 4) is 0 Å². The predicted octanol–water partition coefficient (Wildman–Crippen LogP) is 0.852. The van der Waals surface area contributed by atoms with E-state index in [1.54, 1.807) is 13.1 Å². The molecule has 2 heterocycles. The summed E-state index contributed by atoms with van der Waals surface area (Å²) in [4.78, 5) is 27.6. The topological polar surface area (TPSA) is 68.3 Å². The molecule has 2 atom stereocenters. The number of rotatable bonds is 3. The Balaban J connectivity index is 2.31. The van der Waals surface area contributed by atoms with E-state index in [2.05, 4.69) is 10.3 Å². The summed E-state index contributed by atoms with van der Waals surface area (Å²) in [7, 11) is 0. The summed E-state index contributed by atoms with van der Waals surface area (Å²) < 4.78 is 4.99. The molecule has 1 aromatic heterocycles. The SMILES string of the molecule is CCOC(=O)C1NC(=O)CC1(C)c1nccs1. The molecule has 1 amide bonds. The Morgan fingerprint density at radius 3 is 3.12 bits per heavy atom. The molecule has 1 N–H and O–H groups in total. The van der Waals surface area contributed by atoms with E-state index in [4.69, 9.17) is 4.74 Å². The van der Waals surface area contributed by atoms with E-state index in [0.717, 1.165) is 5.01 Å². The molecule has 92 valence electrons. The number of thiazole rings is 1. The van der Waals surface area contributed by atoms with Crippen molar-refractivity contribution in [1.82, 2.24) is 10.3 Å². The Morgan fingerprint density at radius 2 is 2.53 bits per heavy atom. The minimum Gasteiger partial charge on any atom is -0.464 e. The molecule has 1 saturated heterocycles. The highest BCUT2D eigenvalue weighted by Crippen LogP contribution is 2.37. The third-order valence-electron chi connectivity index (χ3n) is 2.91. The van der Waals surface area contributed by atoms with Gasteiger partial charge < -0.3 is 10.1 Å². The molecule has 2 unspecified atom stereocenters. The minimum absolute atomic E-state index is 0.138. The Bertz CT molecular complexity index is 432. The van der Waals surface area contributed by atoms with Crippen LogP contribution in [0.3, 0.4) is 0 Å². The van der Waals surface area contributed by atoms with Gasteiger partial charge in [0.1, 0.15) is 11.0 Å². The normalized spacial score (nSPS) is 27.9. The highest BCUT2D eigenvalue weighted by Gasteiger charge is 2.50. The lowest BCUT2D eigenvalue weighted by Gasteiger charge is -2.25. The summed E-state index contributed by atoms with van der Waals surface area (Å²) in [5.41, 5.74) is -0.600. The molecule has 17 heavy (non-hydrogen) atoms. The molecule has 0 aromatic carbocycles. The molecule has 2 rings (SSSR count). The number of hydrogen-bond acceptors (Lipinski definition) is 5. The van der Waals surface area contributed by atoms with Crippen LogP contribution in [0.5, 0.6) is 0 Å². The van der Waals surface area contributed by atoms with Crippen molar-refractivity contribution in [2.24, 2.45) is 0 Å². The zero-order valence-electron chi connectivity index (χ0n) is 9.73. The maximum atomic E-state index is 11.8. The molecule has 6 heteroatoms. The molecule has 0 aliphatic carbocycles. The summed E-state index contributed by atoms with van der Waals surface area (Å²) in [6.45, 7) is 3.92. The summed E-state index contributed by atoms with van der Waals surface area (Å²) in [6, 6.07) is -0.638. The van der Waals surface area contributed by atoms with Crippen LogP contribution in [0.4, 0.5) is 0 Å². The highest BCUT2D eigenvalue weighted by atomic mass is 32.1. The van der Waals surface area contributed by atoms with Crippen molar-refractivity contribution in [2.75, 3.05) is 6.61 Å². The number of hydrogen-bond donors (Lipinski definition) is 1. The van der Waals surface area contributed by atoms with Crippen LogP contribution in [0.25, 0.3) is 0 Å². The first kappa shape index (κ1) is 12.0. The van der Waals surface area contributed by atoms with E-state index in [0.29, 0.717) is 6.61 Å². The maximum absolute atomic E-state index is 11.8. The van der Waals surface area contributed by atoms with E-state index in [-0.39, 0.29) is 12.3 Å². The average Bonchev–Trinajstić information content (AvgIpc) is 2.87. The molecule has 0 saturated carbocycles. The van der Waals surface area contributed by atoms with E-state index < -0.39 is 17.4 Å². The van der Waals surface area contributed by atoms with Crippen molar-refractivity contribution in [2.45, 2.75) is 31.7 Å². The van der Waals surface area contributed by atoms with Gasteiger partial charge in [-0.3, -0.25) is 4.79 Å². The van der Waals surface area contributed by atoms with E-state index in [9.17, 15) is 9.59 Å². The van der Waals surface area contributed by atoms with E-state index in [1.165, 1.54) is 11.3 Å². The van der Waals surface area contributed by atoms with Crippen LogP contribution in [-0.2, 0) is 19.7 Å². The third-order valence-corrected chi connectivity index (χ3v) is 3.97. The summed E-state index contributed by atoms with van der Waals surface area (Å²) in [6.07, 6.45) is 1.94. The van der Waals surface area contributed by atoms with Crippen LogP contribution in [0.15, 0.2) is 11.6 Å². The Labute approximate surface area is 103 Å². The van der Waals surface area contributed by atoms with Crippen LogP contribution in [0.1, 0.15) is 25.3 Å². The van der Waals surface area contributed by atoms with Gasteiger partial charge in [0.15, 0.2) is 0 Å². The van der Waals surface area contributed by atoms with Crippen molar-refractivity contribution < 1.29 is 14.3 Å². The van der Waals surface area contributed by atoms with Gasteiger partial charge in [-0.1, -0.05) is 6.92 Å². The second-order valence-electron chi connectivity index (χ2n) is 4.18. The first-order chi connectivity index (χ1) is 8.08. The third kappa shape index (κ3) is 2.04. The number of amides is 1. The van der Waals surface area contributed by atoms with Gasteiger partial charge in [-0.25, -0.2) is 9.78 Å². The lowest BCUT2D eigenvalue weighted by Crippen LogP contribution is -2.45. The van der Waals surface area contributed by atoms with Gasteiger partial charge in [-0.15, -0.1) is 11.3 Å². The molecular formula is C11H14N2O3S. The molecular weight excluding hydrogens is 240 g/mol. The van der Waals surface area contributed by atoms with Gasteiger partial charge in [-0.05, 0) is 6.92 Å². The number of ether oxygens (including phenoxy) is 1. The van der Waals surface area contributed by atoms with Crippen molar-refractivity contribution >= 4 is 23.2 Å². The number of carbonyl (C=O) groups excluding carboxylic acids is 2. The number of nitrogens with one attached hydrogen (secondary N) is 1. The van der Waals surface area contributed by atoms with Gasteiger partial charge in [0.2, 0.25) is 5.91 Å². The van der Waals surface area contributed by atoms with E-state index >= 15 is 0 Å². The average molecular weight is 254 g/mol. The highest BCUT2D eigenvalue weighted by molar-refractivity contribution is 7.09. The zero-order chi connectivity index (χ0) is 12.5. The molecule has 5 nitrogen and oxygen atoms in total. The minimum atomic E-state index is -0.638. The largest absolute Gasteiger partial charge is 0.464 e. The standard InChI is InChI=1S/C11H14N2O3S/c1-3-16-9(15)8-11(2,6-7(14)13-8)10-12-4-5-17-10/h4-5,8H,3,6H2,1-2H3,(H,13,14). The van der Waals surface area contributed by atoms with Crippen molar-refractivity contribution in [3.63, 3.8) is 0 Å². The molecule has 1 aromatic rings. The summed E-state index contributed by atoms with van der Waals surface area (Å²) in [5, 5.41) is 5.30. The predicted molar refractivity (Wildman–Crippen MR) is 62.6 cm³/mol. The summed E-state index contributed by atoms with van der Waals surface area (Å²) in [5.74, 6) is -0.531. The second-order valence-corrected chi connectivity index (χ2v) is 5.08. The van der Waals surface area contributed by atoms with Gasteiger partial charge in [0, 0.05) is 18.0 Å². The number of nitrogens with zero attached hydrogens (tertiary/aromatic N) is 1. The monoisotopic (exact) mass is 254 g/mol. The number of aromatic nitrogens is 1. The van der Waals surface area contributed by atoms with Crippen LogP contribution >= 0.6 is 11.3 Å². The molecule has 1 fully saturated rings. The van der Waals surface area contributed by atoms with Gasteiger partial charge >= 0.3 is 5.97 Å². The molecule has 0 spiro atoms. The molecule has 0 bridgehead atoms. The fraction of sp³-hybridized carbons (Fsp3) is 0.545. The molecule has 1 aliphatic rings. The first-order valence-electron chi connectivity index (χ1n) is 5.44. The van der Waals surface area contributed by atoms with Gasteiger partial charge in [0.05, 0.1) is 12.0 Å². The molecule has 0 radical (unpaired) electrons. The fourth-order valence-electron chi connectivity index (χ4n) is 2.06. The summed E-state index contributed by atoms with van der Waals surface area (Å²) >= 11 is 1.45. The van der Waals surface area contributed by atoms with Crippen LogP contribution in [0.2, 0.25) is 0 Å². The Kier molecular flexibility index (Phi) is 3.15. The Morgan fingerprint density at radius 1 is 1.76 bits per heavy atom. The Hall–Kier alpha value is -1.43. The number of carbonyl (C=O) groups is 2. The second kappa shape index (κ2) is 4.44. The maximum Gasteiger partial charge on any atom is 0.329 e. The van der Waals surface area contributed by atoms with E-state index in [1.807, 2.05) is 12.3 Å². The van der Waals surface area contributed by atoms with Crippen LogP contribution in [0, 0.1) is 0 Å². The van der Waals surface area contributed by atoms with Gasteiger partial charge in [0.25, 0.3) is 0 Å². The lowest BCUT2D eigenvalue weighted by atomic mass is 9.83. The zero-order valence-corrected chi connectivity index (χ0v) is 10.5.